The van der Waals surface area contributed by atoms with Crippen molar-refractivity contribution in [2.45, 2.75) is 57.7 Å². The Morgan fingerprint density at radius 2 is 1.80 bits per heavy atom. The van der Waals surface area contributed by atoms with Crippen molar-refractivity contribution in [3.8, 4) is 0 Å². The van der Waals surface area contributed by atoms with E-state index in [1.54, 1.807) is 18.5 Å². The molecule has 208 valence electrons. The van der Waals surface area contributed by atoms with E-state index in [9.17, 15) is 18.0 Å². The van der Waals surface area contributed by atoms with Crippen LogP contribution in [0.5, 0.6) is 0 Å². The molecule has 1 aliphatic rings. The highest BCUT2D eigenvalue weighted by molar-refractivity contribution is 6.31. The Hall–Kier alpha value is -3.92. The number of rotatable bonds is 6. The summed E-state index contributed by atoms with van der Waals surface area (Å²) in [6, 6.07) is 7.59. The molecule has 1 N–H and O–H groups in total. The number of pyridine rings is 3. The van der Waals surface area contributed by atoms with Gasteiger partial charge in [0.1, 0.15) is 22.9 Å². The van der Waals surface area contributed by atoms with Crippen LogP contribution in [0.2, 0.25) is 5.02 Å². The van der Waals surface area contributed by atoms with E-state index in [0.29, 0.717) is 35.0 Å². The first-order valence-electron chi connectivity index (χ1n) is 13.0. The zero-order chi connectivity index (χ0) is 28.1. The summed E-state index contributed by atoms with van der Waals surface area (Å²) < 4.78 is 44.8. The van der Waals surface area contributed by atoms with Crippen LogP contribution in [0, 0.1) is 0 Å². The minimum atomic E-state index is -4.55. The van der Waals surface area contributed by atoms with Crippen molar-refractivity contribution in [3.05, 3.63) is 94.4 Å². The van der Waals surface area contributed by atoms with Crippen LogP contribution in [-0.4, -0.2) is 26.0 Å². The van der Waals surface area contributed by atoms with Gasteiger partial charge in [-0.05, 0) is 60.2 Å². The summed E-state index contributed by atoms with van der Waals surface area (Å²) in [6.07, 6.45) is 9.14. The summed E-state index contributed by atoms with van der Waals surface area (Å²) in [5.41, 5.74) is 2.01. The number of ether oxygens (including phenoxy) is 1. The lowest BCUT2D eigenvalue weighted by molar-refractivity contribution is -0.141. The Labute approximate surface area is 234 Å². The van der Waals surface area contributed by atoms with Crippen molar-refractivity contribution in [3.63, 3.8) is 0 Å². The average molecular weight is 570 g/mol. The maximum atomic E-state index is 13.4. The summed E-state index contributed by atoms with van der Waals surface area (Å²) in [5.74, 6) is 0.909. The van der Waals surface area contributed by atoms with Crippen LogP contribution in [0.15, 0.2) is 67.0 Å². The summed E-state index contributed by atoms with van der Waals surface area (Å²) in [6.45, 7) is -0.0593. The molecule has 4 aromatic heterocycles. The van der Waals surface area contributed by atoms with Gasteiger partial charge in [-0.3, -0.25) is 9.88 Å². The van der Waals surface area contributed by atoms with Crippen LogP contribution >= 0.6 is 11.6 Å². The Balaban J connectivity index is 1.38. The van der Waals surface area contributed by atoms with Crippen LogP contribution in [-0.2, 0) is 23.9 Å². The SMILES string of the molecule is O=C(OC1=CCCCCCC1)N(Cc1ccc(C(F)(F)F)nc1)c1ccc(Cc2c[nH]c3ncc(Cl)cc23)cn1. The standard InChI is InChI=1S/C29H27ClF3N5O2/c30-22-13-24-21(16-36-27(24)37-17-22)12-19-9-11-26(35-14-19)38(18-20-8-10-25(34-15-20)29(31,32)33)28(39)40-23-6-4-2-1-3-5-7-23/h6,8-11,13-17H,1-5,7,12,18H2,(H,36,37). The molecule has 0 bridgehead atoms. The first-order chi connectivity index (χ1) is 19.3. The number of hydrogen-bond acceptors (Lipinski definition) is 5. The number of nitrogens with zero attached hydrogens (tertiary/aromatic N) is 4. The summed E-state index contributed by atoms with van der Waals surface area (Å²) in [7, 11) is 0. The molecule has 11 heteroatoms. The molecule has 4 aromatic rings. The first kappa shape index (κ1) is 27.6. The molecule has 7 nitrogen and oxygen atoms in total. The molecule has 1 aliphatic carbocycles. The number of H-pyrrole nitrogens is 1. The maximum Gasteiger partial charge on any atom is 0.433 e. The first-order valence-corrected chi connectivity index (χ1v) is 13.4. The molecule has 5 rings (SSSR count). The van der Waals surface area contributed by atoms with Gasteiger partial charge in [-0.15, -0.1) is 0 Å². The van der Waals surface area contributed by atoms with E-state index in [0.717, 1.165) is 66.5 Å². The third kappa shape index (κ3) is 6.80. The van der Waals surface area contributed by atoms with Crippen molar-refractivity contribution in [2.24, 2.45) is 0 Å². The van der Waals surface area contributed by atoms with Gasteiger partial charge < -0.3 is 9.72 Å². The smallest absolute Gasteiger partial charge is 0.415 e. The number of aromatic nitrogens is 4. The number of hydrogen-bond donors (Lipinski definition) is 1. The van der Waals surface area contributed by atoms with Crippen molar-refractivity contribution in [2.75, 3.05) is 4.90 Å². The third-order valence-corrected chi connectivity index (χ3v) is 6.91. The second-order valence-corrected chi connectivity index (χ2v) is 10.1. The number of amides is 1. The van der Waals surface area contributed by atoms with Gasteiger partial charge in [0.05, 0.1) is 11.6 Å². The summed E-state index contributed by atoms with van der Waals surface area (Å²) in [5, 5.41) is 1.44. The fraction of sp³-hybridized carbons (Fsp3) is 0.310. The number of aromatic amines is 1. The fourth-order valence-corrected chi connectivity index (χ4v) is 4.77. The highest BCUT2D eigenvalue weighted by atomic mass is 35.5. The number of alkyl halides is 3. The molecule has 0 aliphatic heterocycles. The number of carbonyl (C=O) groups excluding carboxylic acids is 1. The second kappa shape index (κ2) is 12.1. The Kier molecular flexibility index (Phi) is 8.35. The molecule has 0 aromatic carbocycles. The van der Waals surface area contributed by atoms with Gasteiger partial charge in [-0.1, -0.05) is 36.6 Å². The number of carbonyl (C=O) groups is 1. The minimum absolute atomic E-state index is 0.0593. The maximum absolute atomic E-state index is 13.4. The van der Waals surface area contributed by atoms with Gasteiger partial charge in [0, 0.05) is 43.0 Å². The van der Waals surface area contributed by atoms with E-state index in [2.05, 4.69) is 19.9 Å². The normalized spacial score (nSPS) is 14.3. The van der Waals surface area contributed by atoms with Gasteiger partial charge in [0.25, 0.3) is 0 Å². The molecule has 0 radical (unpaired) electrons. The van der Waals surface area contributed by atoms with Crippen LogP contribution in [0.1, 0.15) is 60.9 Å². The zero-order valence-electron chi connectivity index (χ0n) is 21.5. The number of allylic oxidation sites excluding steroid dienone is 2. The lowest BCUT2D eigenvalue weighted by atomic mass is 10.1. The summed E-state index contributed by atoms with van der Waals surface area (Å²) in [4.78, 5) is 30.1. The van der Waals surface area contributed by atoms with Gasteiger partial charge in [0.2, 0.25) is 0 Å². The van der Waals surface area contributed by atoms with Gasteiger partial charge >= 0.3 is 12.3 Å². The van der Waals surface area contributed by atoms with Crippen molar-refractivity contribution < 1.29 is 22.7 Å². The highest BCUT2D eigenvalue weighted by Crippen LogP contribution is 2.28. The molecule has 0 unspecified atom stereocenters. The number of fused-ring (bicyclic) bond motifs is 1. The predicted molar refractivity (Wildman–Crippen MR) is 146 cm³/mol. The molecule has 1 amide bonds. The molecule has 0 saturated carbocycles. The highest BCUT2D eigenvalue weighted by Gasteiger charge is 2.32. The Morgan fingerprint density at radius 1 is 1.00 bits per heavy atom. The van der Waals surface area contributed by atoms with Crippen LogP contribution in [0.25, 0.3) is 11.0 Å². The second-order valence-electron chi connectivity index (χ2n) is 9.69. The largest absolute Gasteiger partial charge is 0.433 e. The summed E-state index contributed by atoms with van der Waals surface area (Å²) >= 11 is 6.12. The Bertz CT molecular complexity index is 1500. The van der Waals surface area contributed by atoms with E-state index in [1.807, 2.05) is 24.4 Å². The lowest BCUT2D eigenvalue weighted by Crippen LogP contribution is -2.32. The number of nitrogens with one attached hydrogen (secondary N) is 1. The molecule has 0 atom stereocenters. The molecule has 0 fully saturated rings. The van der Waals surface area contributed by atoms with Crippen LogP contribution in [0.4, 0.5) is 23.8 Å². The topological polar surface area (TPSA) is 84.0 Å². The van der Waals surface area contributed by atoms with E-state index in [-0.39, 0.29) is 6.54 Å². The average Bonchev–Trinajstić information content (AvgIpc) is 3.30. The van der Waals surface area contributed by atoms with Crippen molar-refractivity contribution in [1.82, 2.24) is 19.9 Å². The van der Waals surface area contributed by atoms with Crippen LogP contribution in [0.3, 0.4) is 0 Å². The van der Waals surface area contributed by atoms with Crippen LogP contribution < -0.4 is 4.90 Å². The zero-order valence-corrected chi connectivity index (χ0v) is 22.3. The minimum Gasteiger partial charge on any atom is -0.415 e. The van der Waals surface area contributed by atoms with E-state index in [4.69, 9.17) is 16.3 Å². The van der Waals surface area contributed by atoms with Crippen molar-refractivity contribution in [1.29, 1.82) is 0 Å². The van der Waals surface area contributed by atoms with Gasteiger partial charge in [-0.25, -0.2) is 14.8 Å². The number of anilines is 1. The van der Waals surface area contributed by atoms with E-state index in [1.165, 1.54) is 11.0 Å². The van der Waals surface area contributed by atoms with Gasteiger partial charge in [-0.2, -0.15) is 13.2 Å². The van der Waals surface area contributed by atoms with Gasteiger partial charge in [0.15, 0.2) is 0 Å². The van der Waals surface area contributed by atoms with Crippen molar-refractivity contribution >= 4 is 34.5 Å². The molecule has 0 saturated heterocycles. The quantitative estimate of drug-likeness (QED) is 0.254. The molecular formula is C29H27ClF3N5O2. The Morgan fingerprint density at radius 3 is 2.55 bits per heavy atom. The number of halogens is 4. The molecule has 40 heavy (non-hydrogen) atoms. The monoisotopic (exact) mass is 569 g/mol. The predicted octanol–water partition coefficient (Wildman–Crippen LogP) is 8.00. The molecular weight excluding hydrogens is 543 g/mol. The lowest BCUT2D eigenvalue weighted by Gasteiger charge is -2.23. The molecule has 4 heterocycles. The van der Waals surface area contributed by atoms with E-state index >= 15 is 0 Å². The molecule has 0 spiro atoms. The third-order valence-electron chi connectivity index (χ3n) is 6.71. The fourth-order valence-electron chi connectivity index (χ4n) is 4.61. The van der Waals surface area contributed by atoms with E-state index < -0.39 is 18.0 Å².